The predicted molar refractivity (Wildman–Crippen MR) is 124 cm³/mol. The fourth-order valence-corrected chi connectivity index (χ4v) is 3.38. The molecule has 3 aromatic carbocycles. The van der Waals surface area contributed by atoms with E-state index < -0.39 is 18.5 Å². The average molecular weight is 439 g/mol. The number of benzene rings is 3. The minimum absolute atomic E-state index is 0.336. The van der Waals surface area contributed by atoms with E-state index in [1.807, 2.05) is 49.4 Å². The molecule has 0 spiro atoms. The normalized spacial score (nSPS) is 10.6. The summed E-state index contributed by atoms with van der Waals surface area (Å²) in [5.74, 6) is -1.08. The van der Waals surface area contributed by atoms with Crippen LogP contribution in [0.5, 0.6) is 5.75 Å². The van der Waals surface area contributed by atoms with Crippen molar-refractivity contribution in [2.75, 3.05) is 6.61 Å². The van der Waals surface area contributed by atoms with E-state index in [9.17, 15) is 14.4 Å². The Morgan fingerprint density at radius 3 is 2.27 bits per heavy atom. The average Bonchev–Trinajstić information content (AvgIpc) is 2.82. The number of hydrogen-bond acceptors (Lipinski definition) is 6. The van der Waals surface area contributed by atoms with Crippen molar-refractivity contribution < 1.29 is 23.9 Å². The molecule has 0 aliphatic heterocycles. The summed E-state index contributed by atoms with van der Waals surface area (Å²) < 4.78 is 10.3. The number of ketones is 1. The second-order valence-electron chi connectivity index (χ2n) is 7.56. The third kappa shape index (κ3) is 5.13. The Bertz CT molecular complexity index is 1340. The van der Waals surface area contributed by atoms with Crippen molar-refractivity contribution in [2.24, 2.45) is 0 Å². The molecule has 0 atom stereocenters. The van der Waals surface area contributed by atoms with Gasteiger partial charge in [-0.15, -0.1) is 0 Å². The molecule has 0 bridgehead atoms. The van der Waals surface area contributed by atoms with E-state index in [0.717, 1.165) is 11.1 Å². The molecule has 0 aliphatic carbocycles. The zero-order valence-electron chi connectivity index (χ0n) is 18.2. The highest BCUT2D eigenvalue weighted by Gasteiger charge is 2.17. The Morgan fingerprint density at radius 1 is 0.879 bits per heavy atom. The van der Waals surface area contributed by atoms with Crippen LogP contribution in [0, 0.1) is 6.92 Å². The molecule has 0 fully saturated rings. The number of rotatable bonds is 6. The van der Waals surface area contributed by atoms with E-state index in [4.69, 9.17) is 9.47 Å². The Kier molecular flexibility index (Phi) is 6.26. The van der Waals surface area contributed by atoms with Gasteiger partial charge in [0.15, 0.2) is 12.4 Å². The van der Waals surface area contributed by atoms with Crippen LogP contribution in [0.15, 0.2) is 78.9 Å². The Labute approximate surface area is 190 Å². The minimum atomic E-state index is -0.605. The van der Waals surface area contributed by atoms with Crippen LogP contribution in [-0.4, -0.2) is 29.3 Å². The number of ether oxygens (including phenoxy) is 2. The molecule has 0 saturated heterocycles. The molecule has 4 aromatic rings. The van der Waals surface area contributed by atoms with Crippen LogP contribution in [0.1, 0.15) is 33.2 Å². The lowest BCUT2D eigenvalue weighted by Gasteiger charge is -2.10. The van der Waals surface area contributed by atoms with Gasteiger partial charge in [0.2, 0.25) is 0 Å². The van der Waals surface area contributed by atoms with Gasteiger partial charge in [0.1, 0.15) is 5.75 Å². The zero-order chi connectivity index (χ0) is 23.4. The number of carbonyl (C=O) groups is 3. The Morgan fingerprint density at radius 2 is 1.58 bits per heavy atom. The number of para-hydroxylation sites is 1. The smallest absolute Gasteiger partial charge is 0.339 e. The fraction of sp³-hybridized carbons (Fsp3) is 0.111. The summed E-state index contributed by atoms with van der Waals surface area (Å²) in [5.41, 5.74) is 4.00. The quantitative estimate of drug-likeness (QED) is 0.234. The van der Waals surface area contributed by atoms with E-state index in [-0.39, 0.29) is 5.78 Å². The van der Waals surface area contributed by atoms with Gasteiger partial charge in [-0.25, -0.2) is 9.78 Å². The van der Waals surface area contributed by atoms with Crippen molar-refractivity contribution >= 4 is 28.6 Å². The number of carbonyl (C=O) groups excluding carboxylic acids is 3. The van der Waals surface area contributed by atoms with Crippen molar-refractivity contribution in [3.8, 4) is 17.0 Å². The van der Waals surface area contributed by atoms with Gasteiger partial charge in [-0.1, -0.05) is 48.0 Å². The van der Waals surface area contributed by atoms with Gasteiger partial charge in [0, 0.05) is 23.4 Å². The minimum Gasteiger partial charge on any atom is -0.454 e. The molecule has 33 heavy (non-hydrogen) atoms. The number of pyridine rings is 1. The highest BCUT2D eigenvalue weighted by atomic mass is 16.5. The van der Waals surface area contributed by atoms with E-state index in [0.29, 0.717) is 33.5 Å². The molecule has 6 heteroatoms. The maximum Gasteiger partial charge on any atom is 0.339 e. The van der Waals surface area contributed by atoms with Crippen molar-refractivity contribution in [1.29, 1.82) is 0 Å². The molecule has 0 amide bonds. The molecule has 0 N–H and O–H groups in total. The first-order chi connectivity index (χ1) is 15.9. The number of fused-ring (bicyclic) bond motifs is 1. The molecule has 1 aromatic heterocycles. The first kappa shape index (κ1) is 21.9. The van der Waals surface area contributed by atoms with E-state index >= 15 is 0 Å². The molecule has 4 rings (SSSR count). The second-order valence-corrected chi connectivity index (χ2v) is 7.56. The molecule has 0 aliphatic rings. The number of aromatic nitrogens is 1. The summed E-state index contributed by atoms with van der Waals surface area (Å²) in [5, 5.41) is 0.650. The van der Waals surface area contributed by atoms with Crippen LogP contribution in [-0.2, 0) is 9.53 Å². The summed E-state index contributed by atoms with van der Waals surface area (Å²) in [6.07, 6.45) is 0. The van der Waals surface area contributed by atoms with Gasteiger partial charge in [-0.3, -0.25) is 9.59 Å². The molecular weight excluding hydrogens is 418 g/mol. The third-order valence-corrected chi connectivity index (χ3v) is 5.06. The lowest BCUT2D eigenvalue weighted by atomic mass is 10.0. The maximum atomic E-state index is 12.9. The number of aryl methyl sites for hydroxylation is 1. The van der Waals surface area contributed by atoms with Crippen molar-refractivity contribution in [3.63, 3.8) is 0 Å². The summed E-state index contributed by atoms with van der Waals surface area (Å²) in [6, 6.07) is 22.9. The van der Waals surface area contributed by atoms with Crippen LogP contribution >= 0.6 is 0 Å². The van der Waals surface area contributed by atoms with Crippen molar-refractivity contribution in [2.45, 2.75) is 13.8 Å². The highest BCUT2D eigenvalue weighted by Crippen LogP contribution is 2.26. The van der Waals surface area contributed by atoms with Crippen LogP contribution in [0.25, 0.3) is 22.2 Å². The summed E-state index contributed by atoms with van der Waals surface area (Å²) in [7, 11) is 0. The number of nitrogens with zero attached hydrogens (tertiary/aromatic N) is 1. The summed E-state index contributed by atoms with van der Waals surface area (Å²) >= 11 is 0. The molecule has 164 valence electrons. The molecule has 6 nitrogen and oxygen atoms in total. The molecule has 0 radical (unpaired) electrons. The predicted octanol–water partition coefficient (Wildman–Crippen LogP) is 5.18. The van der Waals surface area contributed by atoms with Gasteiger partial charge >= 0.3 is 11.9 Å². The van der Waals surface area contributed by atoms with Crippen molar-refractivity contribution in [3.05, 3.63) is 95.6 Å². The third-order valence-electron chi connectivity index (χ3n) is 5.06. The van der Waals surface area contributed by atoms with Gasteiger partial charge < -0.3 is 9.47 Å². The standard InChI is InChI=1S/C27H21NO5/c1-17-7-9-19(10-8-17)25-15-23(22-5-3-4-6-24(22)28-25)27(31)32-16-26(30)20-11-13-21(14-12-20)33-18(2)29/h3-15H,16H2,1-2H3. The van der Waals surface area contributed by atoms with Crippen LogP contribution in [0.4, 0.5) is 0 Å². The van der Waals surface area contributed by atoms with Crippen LogP contribution in [0.2, 0.25) is 0 Å². The van der Waals surface area contributed by atoms with E-state index in [1.165, 1.54) is 31.2 Å². The van der Waals surface area contributed by atoms with E-state index in [2.05, 4.69) is 4.98 Å². The molecule has 0 saturated carbocycles. The van der Waals surface area contributed by atoms with E-state index in [1.54, 1.807) is 12.1 Å². The molecular formula is C27H21NO5. The summed E-state index contributed by atoms with van der Waals surface area (Å²) in [6.45, 7) is 2.88. The largest absolute Gasteiger partial charge is 0.454 e. The topological polar surface area (TPSA) is 82.6 Å². The zero-order valence-corrected chi connectivity index (χ0v) is 18.2. The number of Topliss-reactive ketones (excluding diaryl/α,β-unsaturated/α-hetero) is 1. The molecule has 0 unspecified atom stereocenters. The Hall–Kier alpha value is -4.32. The molecule has 1 heterocycles. The first-order valence-corrected chi connectivity index (χ1v) is 10.4. The van der Waals surface area contributed by atoms with Crippen molar-refractivity contribution in [1.82, 2.24) is 4.98 Å². The number of hydrogen-bond donors (Lipinski definition) is 0. The summed E-state index contributed by atoms with van der Waals surface area (Å²) in [4.78, 5) is 41.1. The SMILES string of the molecule is CC(=O)Oc1ccc(C(=O)COC(=O)c2cc(-c3ccc(C)cc3)nc3ccccc23)cc1. The monoisotopic (exact) mass is 439 g/mol. The Balaban J connectivity index is 1.55. The maximum absolute atomic E-state index is 12.9. The number of esters is 2. The lowest BCUT2D eigenvalue weighted by molar-refractivity contribution is -0.131. The van der Waals surface area contributed by atoms with Crippen LogP contribution < -0.4 is 4.74 Å². The van der Waals surface area contributed by atoms with Gasteiger partial charge in [-0.05, 0) is 43.3 Å². The van der Waals surface area contributed by atoms with Gasteiger partial charge in [0.05, 0.1) is 16.8 Å². The second kappa shape index (κ2) is 9.44. The van der Waals surface area contributed by atoms with Gasteiger partial charge in [0.25, 0.3) is 0 Å². The van der Waals surface area contributed by atoms with Gasteiger partial charge in [-0.2, -0.15) is 0 Å². The lowest BCUT2D eigenvalue weighted by Crippen LogP contribution is -2.15. The first-order valence-electron chi connectivity index (χ1n) is 10.4. The van der Waals surface area contributed by atoms with Crippen LogP contribution in [0.3, 0.4) is 0 Å². The fourth-order valence-electron chi connectivity index (χ4n) is 3.38. The highest BCUT2D eigenvalue weighted by molar-refractivity contribution is 6.06.